The summed E-state index contributed by atoms with van der Waals surface area (Å²) in [4.78, 5) is 15.0. The lowest BCUT2D eigenvalue weighted by Gasteiger charge is -2.30. The lowest BCUT2D eigenvalue weighted by Crippen LogP contribution is -2.43. The fourth-order valence-corrected chi connectivity index (χ4v) is 4.86. The number of rotatable bonds is 5. The summed E-state index contributed by atoms with van der Waals surface area (Å²) in [5.41, 5.74) is 2.35. The van der Waals surface area contributed by atoms with Gasteiger partial charge in [-0.05, 0) is 56.7 Å². The molecule has 0 bridgehead atoms. The number of nitrogens with zero attached hydrogens (tertiary/aromatic N) is 2. The Labute approximate surface area is 163 Å². The van der Waals surface area contributed by atoms with E-state index in [1.807, 2.05) is 6.92 Å². The summed E-state index contributed by atoms with van der Waals surface area (Å²) >= 11 is 0. The number of carbonyl (C=O) groups is 1. The van der Waals surface area contributed by atoms with Crippen LogP contribution >= 0.6 is 0 Å². The number of carbonyl (C=O) groups excluding carboxylic acids is 1. The summed E-state index contributed by atoms with van der Waals surface area (Å²) < 4.78 is 24.6. The predicted molar refractivity (Wildman–Crippen MR) is 108 cm³/mol. The average molecular weight is 394 g/mol. The van der Waals surface area contributed by atoms with Gasteiger partial charge in [-0.25, -0.2) is 12.7 Å². The van der Waals surface area contributed by atoms with Gasteiger partial charge in [0.1, 0.15) is 0 Å². The molecule has 150 valence electrons. The van der Waals surface area contributed by atoms with Crippen LogP contribution in [0.3, 0.4) is 0 Å². The second kappa shape index (κ2) is 8.61. The van der Waals surface area contributed by atoms with Gasteiger partial charge in [0.15, 0.2) is 0 Å². The molecule has 6 nitrogen and oxygen atoms in total. The molecule has 1 unspecified atom stereocenters. The van der Waals surface area contributed by atoms with E-state index in [1.165, 1.54) is 35.5 Å². The fourth-order valence-electron chi connectivity index (χ4n) is 3.99. The van der Waals surface area contributed by atoms with Gasteiger partial charge in [-0.2, -0.15) is 0 Å². The Morgan fingerprint density at radius 1 is 1.04 bits per heavy atom. The average Bonchev–Trinajstić information content (AvgIpc) is 2.68. The molecule has 2 fully saturated rings. The summed E-state index contributed by atoms with van der Waals surface area (Å²) in [6.45, 7) is 5.10. The van der Waals surface area contributed by atoms with Gasteiger partial charge in [0, 0.05) is 37.8 Å². The number of benzene rings is 1. The Hall–Kier alpha value is -1.60. The second-order valence-corrected chi connectivity index (χ2v) is 9.79. The van der Waals surface area contributed by atoms with Crippen LogP contribution in [-0.2, 0) is 14.8 Å². The van der Waals surface area contributed by atoms with Crippen LogP contribution in [0.1, 0.15) is 50.6 Å². The normalized spacial score (nSPS) is 21.0. The molecule has 1 aromatic rings. The van der Waals surface area contributed by atoms with E-state index < -0.39 is 10.0 Å². The standard InChI is InChI=1S/C20H31N3O3S/c1-16(17-6-8-19(9-7-17)22-12-4-3-5-13-22)21-20(24)18-10-14-23(15-11-18)27(2,25)26/h6-9,16,18H,3-5,10-15H2,1-2H3,(H,21,24). The monoisotopic (exact) mass is 393 g/mol. The van der Waals surface area contributed by atoms with E-state index in [4.69, 9.17) is 0 Å². The quantitative estimate of drug-likeness (QED) is 0.835. The molecule has 2 heterocycles. The maximum atomic E-state index is 12.6. The van der Waals surface area contributed by atoms with E-state index in [9.17, 15) is 13.2 Å². The van der Waals surface area contributed by atoms with Gasteiger partial charge in [0.2, 0.25) is 15.9 Å². The van der Waals surface area contributed by atoms with Crippen molar-refractivity contribution in [2.24, 2.45) is 5.92 Å². The zero-order valence-electron chi connectivity index (χ0n) is 16.4. The fraction of sp³-hybridized carbons (Fsp3) is 0.650. The number of anilines is 1. The number of sulfonamides is 1. The van der Waals surface area contributed by atoms with Crippen molar-refractivity contribution in [2.75, 3.05) is 37.3 Å². The van der Waals surface area contributed by atoms with Gasteiger partial charge < -0.3 is 10.2 Å². The Balaban J connectivity index is 1.52. The van der Waals surface area contributed by atoms with E-state index in [0.29, 0.717) is 25.9 Å². The van der Waals surface area contributed by atoms with Crippen molar-refractivity contribution in [1.82, 2.24) is 9.62 Å². The molecule has 27 heavy (non-hydrogen) atoms. The SMILES string of the molecule is CC(NC(=O)C1CCN(S(C)(=O)=O)CC1)c1ccc(N2CCCCC2)cc1. The van der Waals surface area contributed by atoms with Crippen LogP contribution in [0.2, 0.25) is 0 Å². The van der Waals surface area contributed by atoms with E-state index in [2.05, 4.69) is 34.5 Å². The summed E-state index contributed by atoms with van der Waals surface area (Å²) in [5.74, 6) is -0.0890. The molecule has 0 radical (unpaired) electrons. The number of hydrogen-bond donors (Lipinski definition) is 1. The number of hydrogen-bond acceptors (Lipinski definition) is 4. The minimum Gasteiger partial charge on any atom is -0.372 e. The van der Waals surface area contributed by atoms with Crippen LogP contribution < -0.4 is 10.2 Å². The Bertz CT molecular complexity index is 734. The molecular weight excluding hydrogens is 362 g/mol. The smallest absolute Gasteiger partial charge is 0.223 e. The molecule has 2 aliphatic heterocycles. The minimum atomic E-state index is -3.16. The molecule has 1 N–H and O–H groups in total. The zero-order chi connectivity index (χ0) is 19.4. The summed E-state index contributed by atoms with van der Waals surface area (Å²) in [6.07, 6.45) is 6.22. The first-order chi connectivity index (χ1) is 12.8. The van der Waals surface area contributed by atoms with Crippen molar-refractivity contribution in [1.29, 1.82) is 0 Å². The Morgan fingerprint density at radius 2 is 1.63 bits per heavy atom. The number of amides is 1. The highest BCUT2D eigenvalue weighted by molar-refractivity contribution is 7.88. The minimum absolute atomic E-state index is 0.0239. The Kier molecular flexibility index (Phi) is 6.42. The number of piperidine rings is 2. The van der Waals surface area contributed by atoms with Crippen molar-refractivity contribution in [3.05, 3.63) is 29.8 Å². The van der Waals surface area contributed by atoms with Crippen LogP contribution in [0, 0.1) is 5.92 Å². The van der Waals surface area contributed by atoms with Crippen molar-refractivity contribution < 1.29 is 13.2 Å². The highest BCUT2D eigenvalue weighted by atomic mass is 32.2. The van der Waals surface area contributed by atoms with Gasteiger partial charge in [0.25, 0.3) is 0 Å². The molecule has 1 aromatic carbocycles. The van der Waals surface area contributed by atoms with E-state index in [1.54, 1.807) is 0 Å². The summed E-state index contributed by atoms with van der Waals surface area (Å²) in [7, 11) is -3.16. The van der Waals surface area contributed by atoms with Crippen LogP contribution in [0.25, 0.3) is 0 Å². The van der Waals surface area contributed by atoms with E-state index >= 15 is 0 Å². The van der Waals surface area contributed by atoms with Gasteiger partial charge in [0.05, 0.1) is 12.3 Å². The lowest BCUT2D eigenvalue weighted by molar-refractivity contribution is -0.126. The van der Waals surface area contributed by atoms with Crippen LogP contribution in [0.15, 0.2) is 24.3 Å². The van der Waals surface area contributed by atoms with Gasteiger partial charge in [-0.1, -0.05) is 12.1 Å². The maximum Gasteiger partial charge on any atom is 0.223 e. The third kappa shape index (κ3) is 5.23. The third-order valence-electron chi connectivity index (χ3n) is 5.77. The molecule has 1 amide bonds. The molecule has 0 spiro atoms. The van der Waals surface area contributed by atoms with Crippen molar-refractivity contribution in [2.45, 2.75) is 45.1 Å². The predicted octanol–water partition coefficient (Wildman–Crippen LogP) is 2.53. The van der Waals surface area contributed by atoms with Crippen molar-refractivity contribution in [3.63, 3.8) is 0 Å². The van der Waals surface area contributed by atoms with Crippen LogP contribution in [-0.4, -0.2) is 51.1 Å². The molecule has 0 aromatic heterocycles. The molecule has 2 saturated heterocycles. The van der Waals surface area contributed by atoms with Gasteiger partial charge >= 0.3 is 0 Å². The highest BCUT2D eigenvalue weighted by Gasteiger charge is 2.29. The van der Waals surface area contributed by atoms with E-state index in [-0.39, 0.29) is 17.9 Å². The van der Waals surface area contributed by atoms with Crippen LogP contribution in [0.4, 0.5) is 5.69 Å². The van der Waals surface area contributed by atoms with Gasteiger partial charge in [-0.3, -0.25) is 4.79 Å². The summed E-state index contributed by atoms with van der Waals surface area (Å²) in [6, 6.07) is 8.44. The molecule has 0 saturated carbocycles. The van der Waals surface area contributed by atoms with Gasteiger partial charge in [-0.15, -0.1) is 0 Å². The lowest BCUT2D eigenvalue weighted by atomic mass is 9.96. The summed E-state index contributed by atoms with van der Waals surface area (Å²) in [5, 5.41) is 3.10. The van der Waals surface area contributed by atoms with E-state index in [0.717, 1.165) is 18.7 Å². The molecule has 1 atom stereocenters. The number of nitrogens with one attached hydrogen (secondary N) is 1. The first-order valence-corrected chi connectivity index (χ1v) is 11.8. The molecular formula is C20H31N3O3S. The largest absolute Gasteiger partial charge is 0.372 e. The Morgan fingerprint density at radius 3 is 2.19 bits per heavy atom. The third-order valence-corrected chi connectivity index (χ3v) is 7.07. The molecule has 7 heteroatoms. The molecule has 0 aliphatic carbocycles. The maximum absolute atomic E-state index is 12.6. The second-order valence-electron chi connectivity index (χ2n) is 7.81. The van der Waals surface area contributed by atoms with Crippen molar-refractivity contribution >= 4 is 21.6 Å². The van der Waals surface area contributed by atoms with Crippen molar-refractivity contribution in [3.8, 4) is 0 Å². The zero-order valence-corrected chi connectivity index (χ0v) is 17.2. The molecule has 2 aliphatic rings. The first kappa shape index (κ1) is 20.1. The highest BCUT2D eigenvalue weighted by Crippen LogP contribution is 2.24. The topological polar surface area (TPSA) is 69.7 Å². The first-order valence-electron chi connectivity index (χ1n) is 9.95. The molecule has 3 rings (SSSR count). The van der Waals surface area contributed by atoms with Crippen LogP contribution in [0.5, 0.6) is 0 Å².